The molecule has 1 amide bonds. The average Bonchev–Trinajstić information content (AvgIpc) is 2.18. The first-order valence-corrected chi connectivity index (χ1v) is 5.10. The third kappa shape index (κ3) is 2.87. The van der Waals surface area contributed by atoms with Crippen LogP contribution in [0.2, 0.25) is 0 Å². The van der Waals surface area contributed by atoms with Crippen molar-refractivity contribution >= 4 is 5.91 Å². The monoisotopic (exact) mass is 191 g/mol. The van der Waals surface area contributed by atoms with E-state index in [2.05, 4.69) is 24.4 Å². The number of allylic oxidation sites excluding steroid dienone is 5. The van der Waals surface area contributed by atoms with Gasteiger partial charge in [-0.2, -0.15) is 0 Å². The zero-order valence-corrected chi connectivity index (χ0v) is 8.84. The van der Waals surface area contributed by atoms with Gasteiger partial charge in [-0.1, -0.05) is 25.2 Å². The second-order valence-corrected chi connectivity index (χ2v) is 3.30. The van der Waals surface area contributed by atoms with Crippen LogP contribution < -0.4 is 5.32 Å². The lowest BCUT2D eigenvalue weighted by molar-refractivity contribution is -0.120. The lowest BCUT2D eigenvalue weighted by atomic mass is 10.0. The van der Waals surface area contributed by atoms with Gasteiger partial charge in [-0.05, 0) is 31.4 Å². The van der Waals surface area contributed by atoms with E-state index in [0.717, 1.165) is 18.5 Å². The average molecular weight is 191 g/mol. The Morgan fingerprint density at radius 2 is 2.14 bits per heavy atom. The van der Waals surface area contributed by atoms with E-state index >= 15 is 0 Å². The third-order valence-electron chi connectivity index (χ3n) is 2.13. The summed E-state index contributed by atoms with van der Waals surface area (Å²) >= 11 is 0. The van der Waals surface area contributed by atoms with E-state index in [1.807, 2.05) is 19.1 Å². The van der Waals surface area contributed by atoms with E-state index in [0.29, 0.717) is 6.42 Å². The van der Waals surface area contributed by atoms with Crippen LogP contribution in [-0.2, 0) is 4.79 Å². The van der Waals surface area contributed by atoms with Crippen molar-refractivity contribution in [2.45, 2.75) is 33.1 Å². The Labute approximate surface area is 85.4 Å². The minimum Gasteiger partial charge on any atom is -0.326 e. The summed E-state index contributed by atoms with van der Waals surface area (Å²) in [7, 11) is 0. The largest absolute Gasteiger partial charge is 0.326 e. The minimum absolute atomic E-state index is 0.119. The van der Waals surface area contributed by atoms with Gasteiger partial charge in [0.2, 0.25) is 5.91 Å². The van der Waals surface area contributed by atoms with Gasteiger partial charge in [0.1, 0.15) is 0 Å². The number of hydrogen-bond donors (Lipinski definition) is 1. The highest BCUT2D eigenvalue weighted by Crippen LogP contribution is 2.17. The molecule has 1 aliphatic heterocycles. The Balaban J connectivity index is 2.87. The van der Waals surface area contributed by atoms with E-state index in [9.17, 15) is 4.79 Å². The number of hydrogen-bond acceptors (Lipinski definition) is 1. The van der Waals surface area contributed by atoms with Crippen molar-refractivity contribution in [1.82, 2.24) is 5.32 Å². The molecule has 0 bridgehead atoms. The Morgan fingerprint density at radius 1 is 1.36 bits per heavy atom. The van der Waals surface area contributed by atoms with Crippen LogP contribution in [0.1, 0.15) is 33.1 Å². The molecule has 1 aliphatic rings. The number of nitrogens with one attached hydrogen (secondary N) is 1. The van der Waals surface area contributed by atoms with E-state index < -0.39 is 0 Å². The van der Waals surface area contributed by atoms with Crippen molar-refractivity contribution in [3.05, 3.63) is 35.6 Å². The zero-order chi connectivity index (χ0) is 10.4. The minimum atomic E-state index is 0.119. The van der Waals surface area contributed by atoms with Crippen LogP contribution in [0.3, 0.4) is 0 Å². The summed E-state index contributed by atoms with van der Waals surface area (Å²) in [5.41, 5.74) is 2.18. The van der Waals surface area contributed by atoms with Gasteiger partial charge >= 0.3 is 0 Å². The lowest BCUT2D eigenvalue weighted by Crippen LogP contribution is -2.26. The molecule has 1 N–H and O–H groups in total. The summed E-state index contributed by atoms with van der Waals surface area (Å²) in [4.78, 5) is 11.2. The van der Waals surface area contributed by atoms with Crippen LogP contribution in [0.25, 0.3) is 0 Å². The van der Waals surface area contributed by atoms with Crippen LogP contribution in [0.15, 0.2) is 35.6 Å². The molecule has 2 heteroatoms. The first-order valence-electron chi connectivity index (χ1n) is 5.10. The van der Waals surface area contributed by atoms with Gasteiger partial charge in [0, 0.05) is 12.1 Å². The molecule has 0 saturated carbocycles. The highest BCUT2D eigenvalue weighted by Gasteiger charge is 2.13. The predicted molar refractivity (Wildman–Crippen MR) is 58.6 cm³/mol. The highest BCUT2D eigenvalue weighted by atomic mass is 16.1. The third-order valence-corrected chi connectivity index (χ3v) is 2.13. The Kier molecular flexibility index (Phi) is 4.17. The normalized spacial score (nSPS) is 18.3. The van der Waals surface area contributed by atoms with E-state index in [1.54, 1.807) is 0 Å². The molecule has 0 aromatic heterocycles. The molecule has 2 nitrogen and oxygen atoms in total. The molecular formula is C12H17NO. The van der Waals surface area contributed by atoms with Crippen molar-refractivity contribution in [3.8, 4) is 0 Å². The SMILES string of the molecule is C/C=C/C1=C(/C=C\CC)NC(=O)CC1. The molecule has 0 aromatic carbocycles. The maximum absolute atomic E-state index is 11.2. The van der Waals surface area contributed by atoms with Crippen LogP contribution in [0.4, 0.5) is 0 Å². The van der Waals surface area contributed by atoms with Crippen LogP contribution >= 0.6 is 0 Å². The summed E-state index contributed by atoms with van der Waals surface area (Å²) in [5, 5.41) is 2.89. The number of rotatable bonds is 3. The predicted octanol–water partition coefficient (Wildman–Crippen LogP) is 2.69. The zero-order valence-electron chi connectivity index (χ0n) is 8.84. The smallest absolute Gasteiger partial charge is 0.224 e. The molecule has 0 aliphatic carbocycles. The standard InChI is InChI=1S/C12H17NO/c1-3-5-7-11-10(6-4-2)8-9-12(14)13-11/h4-7H,3,8-9H2,1-2H3,(H,13,14)/b6-4+,7-5-. The summed E-state index contributed by atoms with van der Waals surface area (Å²) in [6, 6.07) is 0. The summed E-state index contributed by atoms with van der Waals surface area (Å²) in [6.07, 6.45) is 10.6. The maximum Gasteiger partial charge on any atom is 0.224 e. The van der Waals surface area contributed by atoms with E-state index in [1.165, 1.54) is 5.57 Å². The fraction of sp³-hybridized carbons (Fsp3) is 0.417. The molecule has 76 valence electrons. The van der Waals surface area contributed by atoms with Gasteiger partial charge < -0.3 is 5.32 Å². The Morgan fingerprint density at radius 3 is 2.79 bits per heavy atom. The molecule has 0 spiro atoms. The summed E-state index contributed by atoms with van der Waals surface area (Å²) < 4.78 is 0. The van der Waals surface area contributed by atoms with Gasteiger partial charge in [-0.15, -0.1) is 0 Å². The highest BCUT2D eigenvalue weighted by molar-refractivity contribution is 5.80. The van der Waals surface area contributed by atoms with Crippen molar-refractivity contribution in [2.75, 3.05) is 0 Å². The maximum atomic E-state index is 11.2. The summed E-state index contributed by atoms with van der Waals surface area (Å²) in [5.74, 6) is 0.119. The van der Waals surface area contributed by atoms with Gasteiger partial charge in [0.15, 0.2) is 0 Å². The topological polar surface area (TPSA) is 29.1 Å². The van der Waals surface area contributed by atoms with Crippen molar-refractivity contribution < 1.29 is 4.79 Å². The molecule has 0 radical (unpaired) electrons. The number of carbonyl (C=O) groups is 1. The molecule has 0 atom stereocenters. The first kappa shape index (κ1) is 10.8. The van der Waals surface area contributed by atoms with Gasteiger partial charge in [0.05, 0.1) is 0 Å². The Bertz CT molecular complexity index is 297. The fourth-order valence-corrected chi connectivity index (χ4v) is 1.43. The van der Waals surface area contributed by atoms with Crippen LogP contribution in [0, 0.1) is 0 Å². The molecule has 0 aromatic rings. The van der Waals surface area contributed by atoms with E-state index in [4.69, 9.17) is 0 Å². The van der Waals surface area contributed by atoms with Crippen molar-refractivity contribution in [1.29, 1.82) is 0 Å². The van der Waals surface area contributed by atoms with Crippen LogP contribution in [0.5, 0.6) is 0 Å². The summed E-state index contributed by atoms with van der Waals surface area (Å²) in [6.45, 7) is 4.07. The lowest BCUT2D eigenvalue weighted by Gasteiger charge is -2.16. The van der Waals surface area contributed by atoms with E-state index in [-0.39, 0.29) is 5.91 Å². The van der Waals surface area contributed by atoms with Gasteiger partial charge in [-0.3, -0.25) is 4.79 Å². The molecule has 0 unspecified atom stereocenters. The Hall–Kier alpha value is -1.31. The van der Waals surface area contributed by atoms with Gasteiger partial charge in [-0.25, -0.2) is 0 Å². The molecule has 14 heavy (non-hydrogen) atoms. The number of carbonyl (C=O) groups excluding carboxylic acids is 1. The second-order valence-electron chi connectivity index (χ2n) is 3.30. The molecule has 0 saturated heterocycles. The first-order chi connectivity index (χ1) is 6.77. The molecule has 1 heterocycles. The van der Waals surface area contributed by atoms with Crippen LogP contribution in [-0.4, -0.2) is 5.91 Å². The van der Waals surface area contributed by atoms with Crippen molar-refractivity contribution in [3.63, 3.8) is 0 Å². The fourth-order valence-electron chi connectivity index (χ4n) is 1.43. The molecular weight excluding hydrogens is 174 g/mol. The molecule has 0 fully saturated rings. The molecule has 1 rings (SSSR count). The van der Waals surface area contributed by atoms with Gasteiger partial charge in [0.25, 0.3) is 0 Å². The number of amides is 1. The second kappa shape index (κ2) is 5.43. The quantitative estimate of drug-likeness (QED) is 0.730. The van der Waals surface area contributed by atoms with Crippen molar-refractivity contribution in [2.24, 2.45) is 0 Å².